The lowest BCUT2D eigenvalue weighted by Crippen LogP contribution is -2.57. The zero-order chi connectivity index (χ0) is 28.0. The van der Waals surface area contributed by atoms with Crippen LogP contribution in [0.4, 0.5) is 0 Å². The Labute approximate surface area is 207 Å². The number of rotatable bonds is 18. The van der Waals surface area contributed by atoms with Crippen LogP contribution in [0.25, 0.3) is 0 Å². The second kappa shape index (κ2) is 16.0. The van der Waals surface area contributed by atoms with Crippen molar-refractivity contribution >= 4 is 41.5 Å². The standard InChI is InChI=1S/C21H35N5O10/c1-10(2)9-11(22)18(32)24-13(4-7-16(28)29)19(33)25-12(3-6-15(23)27)20(34)26-14(21(35)36)5-8-17(30)31/h10-14H,3-9,22H2,1-2H3,(H2,23,27)(H,24,32)(H,25,33)(H,26,34)(H,28,29)(H,30,31)(H,35,36). The number of amides is 4. The molecule has 204 valence electrons. The summed E-state index contributed by atoms with van der Waals surface area (Å²) in [6, 6.07) is -5.48. The molecule has 15 heteroatoms. The first-order valence-corrected chi connectivity index (χ1v) is 11.2. The molecule has 4 atom stereocenters. The van der Waals surface area contributed by atoms with Crippen LogP contribution >= 0.6 is 0 Å². The minimum atomic E-state index is -1.60. The molecular formula is C21H35N5O10. The first-order valence-electron chi connectivity index (χ1n) is 11.2. The van der Waals surface area contributed by atoms with E-state index in [1.807, 2.05) is 13.8 Å². The van der Waals surface area contributed by atoms with E-state index in [1.165, 1.54) is 0 Å². The Bertz CT molecular complexity index is 832. The number of aliphatic carboxylic acids is 3. The van der Waals surface area contributed by atoms with Gasteiger partial charge in [0.1, 0.15) is 18.1 Å². The van der Waals surface area contributed by atoms with E-state index in [0.717, 1.165) is 0 Å². The van der Waals surface area contributed by atoms with Gasteiger partial charge in [0.05, 0.1) is 6.04 Å². The van der Waals surface area contributed by atoms with Gasteiger partial charge in [-0.05, 0) is 31.6 Å². The predicted molar refractivity (Wildman–Crippen MR) is 123 cm³/mol. The van der Waals surface area contributed by atoms with E-state index in [4.69, 9.17) is 21.7 Å². The molecule has 0 rings (SSSR count). The number of carbonyl (C=O) groups is 7. The zero-order valence-electron chi connectivity index (χ0n) is 20.2. The van der Waals surface area contributed by atoms with Crippen molar-refractivity contribution in [3.63, 3.8) is 0 Å². The Hall–Kier alpha value is -3.75. The van der Waals surface area contributed by atoms with Crippen molar-refractivity contribution < 1.29 is 48.9 Å². The monoisotopic (exact) mass is 517 g/mol. The van der Waals surface area contributed by atoms with Crippen LogP contribution in [0.1, 0.15) is 58.8 Å². The molecule has 0 saturated carbocycles. The van der Waals surface area contributed by atoms with E-state index in [0.29, 0.717) is 0 Å². The van der Waals surface area contributed by atoms with Gasteiger partial charge in [0.15, 0.2) is 0 Å². The first-order chi connectivity index (χ1) is 16.6. The SMILES string of the molecule is CC(C)CC(N)C(=O)NC(CCC(=O)O)C(=O)NC(CCC(N)=O)C(=O)NC(CCC(=O)O)C(=O)O. The topological polar surface area (TPSA) is 268 Å². The van der Waals surface area contributed by atoms with Crippen molar-refractivity contribution in [1.82, 2.24) is 16.0 Å². The quantitative estimate of drug-likeness (QED) is 0.0974. The lowest BCUT2D eigenvalue weighted by molar-refractivity contribution is -0.143. The second-order valence-corrected chi connectivity index (χ2v) is 8.63. The average molecular weight is 518 g/mol. The van der Waals surface area contributed by atoms with Gasteiger partial charge in [-0.25, -0.2) is 4.79 Å². The molecule has 0 aliphatic carbocycles. The summed E-state index contributed by atoms with van der Waals surface area (Å²) in [4.78, 5) is 82.4. The van der Waals surface area contributed by atoms with E-state index < -0.39 is 85.0 Å². The molecule has 0 heterocycles. The van der Waals surface area contributed by atoms with Gasteiger partial charge in [-0.2, -0.15) is 0 Å². The third kappa shape index (κ3) is 13.8. The first kappa shape index (κ1) is 32.2. The number of primary amides is 1. The Kier molecular flexibility index (Phi) is 14.4. The number of carboxylic acids is 3. The van der Waals surface area contributed by atoms with Crippen LogP contribution in [-0.2, 0) is 33.6 Å². The Morgan fingerprint density at radius 3 is 1.44 bits per heavy atom. The Balaban J connectivity index is 5.64. The molecular weight excluding hydrogens is 482 g/mol. The summed E-state index contributed by atoms with van der Waals surface area (Å²) in [5, 5.41) is 33.7. The summed E-state index contributed by atoms with van der Waals surface area (Å²) in [6.07, 6.45) is -2.29. The van der Waals surface area contributed by atoms with Crippen LogP contribution in [0.3, 0.4) is 0 Å². The molecule has 0 aromatic rings. The van der Waals surface area contributed by atoms with E-state index >= 15 is 0 Å². The van der Waals surface area contributed by atoms with Crippen molar-refractivity contribution in [3.05, 3.63) is 0 Å². The fraction of sp³-hybridized carbons (Fsp3) is 0.667. The van der Waals surface area contributed by atoms with E-state index in [9.17, 15) is 38.7 Å². The molecule has 0 bridgehead atoms. The molecule has 0 aromatic heterocycles. The lowest BCUT2D eigenvalue weighted by Gasteiger charge is -2.25. The summed E-state index contributed by atoms with van der Waals surface area (Å²) in [5.41, 5.74) is 10.9. The fourth-order valence-corrected chi connectivity index (χ4v) is 3.06. The van der Waals surface area contributed by atoms with Gasteiger partial charge in [0.25, 0.3) is 0 Å². The number of hydrogen-bond donors (Lipinski definition) is 8. The zero-order valence-corrected chi connectivity index (χ0v) is 20.2. The van der Waals surface area contributed by atoms with E-state index in [-0.39, 0.29) is 31.6 Å². The van der Waals surface area contributed by atoms with Crippen LogP contribution in [-0.4, -0.2) is 81.0 Å². The summed E-state index contributed by atoms with van der Waals surface area (Å²) < 4.78 is 0. The van der Waals surface area contributed by atoms with Crippen LogP contribution in [0.5, 0.6) is 0 Å². The largest absolute Gasteiger partial charge is 0.481 e. The van der Waals surface area contributed by atoms with Crippen molar-refractivity contribution in [1.29, 1.82) is 0 Å². The normalized spacial score (nSPS) is 14.1. The number of carboxylic acid groups (broad SMARTS) is 3. The minimum Gasteiger partial charge on any atom is -0.481 e. The molecule has 0 aliphatic rings. The van der Waals surface area contributed by atoms with Gasteiger partial charge in [-0.15, -0.1) is 0 Å². The third-order valence-corrected chi connectivity index (χ3v) is 4.92. The van der Waals surface area contributed by atoms with Crippen LogP contribution in [0.15, 0.2) is 0 Å². The maximum absolute atomic E-state index is 12.9. The minimum absolute atomic E-state index is 0.0576. The fourth-order valence-electron chi connectivity index (χ4n) is 3.06. The van der Waals surface area contributed by atoms with Gasteiger partial charge < -0.3 is 42.7 Å². The number of nitrogens with two attached hydrogens (primary N) is 2. The van der Waals surface area contributed by atoms with Crippen molar-refractivity contribution in [2.45, 2.75) is 83.0 Å². The number of hydrogen-bond acceptors (Lipinski definition) is 8. The highest BCUT2D eigenvalue weighted by Gasteiger charge is 2.31. The molecule has 4 unspecified atom stereocenters. The maximum Gasteiger partial charge on any atom is 0.326 e. The lowest BCUT2D eigenvalue weighted by atomic mass is 10.0. The van der Waals surface area contributed by atoms with Crippen LogP contribution < -0.4 is 27.4 Å². The van der Waals surface area contributed by atoms with Gasteiger partial charge >= 0.3 is 17.9 Å². The molecule has 36 heavy (non-hydrogen) atoms. The highest BCUT2D eigenvalue weighted by Crippen LogP contribution is 2.07. The molecule has 15 nitrogen and oxygen atoms in total. The Morgan fingerprint density at radius 1 is 0.667 bits per heavy atom. The van der Waals surface area contributed by atoms with Gasteiger partial charge in [0, 0.05) is 19.3 Å². The molecule has 4 amide bonds. The second-order valence-electron chi connectivity index (χ2n) is 8.63. The molecule has 0 fully saturated rings. The molecule has 0 radical (unpaired) electrons. The van der Waals surface area contributed by atoms with Crippen LogP contribution in [0.2, 0.25) is 0 Å². The maximum atomic E-state index is 12.9. The average Bonchev–Trinajstić information content (AvgIpc) is 2.75. The molecule has 10 N–H and O–H groups in total. The molecule has 0 spiro atoms. The summed E-state index contributed by atoms with van der Waals surface area (Å²) in [7, 11) is 0. The predicted octanol–water partition coefficient (Wildman–Crippen LogP) is -2.11. The summed E-state index contributed by atoms with van der Waals surface area (Å²) in [5.74, 6) is -7.55. The van der Waals surface area contributed by atoms with Crippen molar-refractivity contribution in [2.24, 2.45) is 17.4 Å². The van der Waals surface area contributed by atoms with E-state index in [2.05, 4.69) is 16.0 Å². The number of nitrogens with one attached hydrogen (secondary N) is 3. The van der Waals surface area contributed by atoms with Crippen LogP contribution in [0, 0.1) is 5.92 Å². The van der Waals surface area contributed by atoms with Crippen molar-refractivity contribution in [2.75, 3.05) is 0 Å². The smallest absolute Gasteiger partial charge is 0.326 e. The summed E-state index contributed by atoms with van der Waals surface area (Å²) in [6.45, 7) is 3.65. The summed E-state index contributed by atoms with van der Waals surface area (Å²) >= 11 is 0. The van der Waals surface area contributed by atoms with Gasteiger partial charge in [0.2, 0.25) is 23.6 Å². The highest BCUT2D eigenvalue weighted by molar-refractivity contribution is 5.94. The highest BCUT2D eigenvalue weighted by atomic mass is 16.4. The molecule has 0 aromatic carbocycles. The van der Waals surface area contributed by atoms with Gasteiger partial charge in [-0.1, -0.05) is 13.8 Å². The molecule has 0 aliphatic heterocycles. The third-order valence-electron chi connectivity index (χ3n) is 4.92. The van der Waals surface area contributed by atoms with E-state index in [1.54, 1.807) is 0 Å². The number of carbonyl (C=O) groups excluding carboxylic acids is 4. The molecule has 0 saturated heterocycles. The van der Waals surface area contributed by atoms with Gasteiger partial charge in [-0.3, -0.25) is 28.8 Å². The Morgan fingerprint density at radius 2 is 1.06 bits per heavy atom. The van der Waals surface area contributed by atoms with Crippen molar-refractivity contribution in [3.8, 4) is 0 Å².